The van der Waals surface area contributed by atoms with E-state index in [4.69, 9.17) is 23.2 Å². The van der Waals surface area contributed by atoms with Gasteiger partial charge in [0.05, 0.1) is 47.5 Å². The summed E-state index contributed by atoms with van der Waals surface area (Å²) in [6.07, 6.45) is -8.95. The van der Waals surface area contributed by atoms with E-state index < -0.39 is 64.3 Å². The number of anilines is 1. The standard InChI is InChI=1S/C23H20ClF4N3O3.C17H18F3N3O3.C6H3BrClF/c1-13-20(33)30(10-15-3-5-16(6-4-15)23(26,27)28)22(11-29(12-22)14(2)32)21(34)31(13)19-8-7-17(24)9-18(19)25;1-10-14(25)23(7-12-3-5-13(6-4-12)17(18,19)20)16(15(26)21-10)8-22(9-16)11(2)24;7-5-2-1-4(8)3-6(5)9/h3-9,13H,10-12H2,1-2H3;3-6,10H,7-9H2,1-2H3,(H,21,26);1-3H. The van der Waals surface area contributed by atoms with Gasteiger partial charge in [-0.2, -0.15) is 26.3 Å². The molecule has 0 saturated carbocycles. The van der Waals surface area contributed by atoms with Gasteiger partial charge < -0.3 is 24.9 Å². The number of amides is 6. The topological polar surface area (TPSA) is 131 Å². The summed E-state index contributed by atoms with van der Waals surface area (Å²) < 4.78 is 104. The van der Waals surface area contributed by atoms with Crippen molar-refractivity contribution < 1.29 is 63.9 Å². The highest BCUT2D eigenvalue weighted by molar-refractivity contribution is 9.10. The molecule has 4 aromatic rings. The van der Waals surface area contributed by atoms with Crippen LogP contribution in [0.3, 0.4) is 0 Å². The molecule has 4 aromatic carbocycles. The predicted molar refractivity (Wildman–Crippen MR) is 239 cm³/mol. The van der Waals surface area contributed by atoms with Gasteiger partial charge in [-0.15, -0.1) is 0 Å². The average Bonchev–Trinajstić information content (AvgIpc) is 3.23. The number of carbonyl (C=O) groups excluding carboxylic acids is 6. The number of alkyl halides is 6. The molecule has 0 aromatic heterocycles. The lowest BCUT2D eigenvalue weighted by atomic mass is 9.81. The fourth-order valence-corrected chi connectivity index (χ4v) is 8.71. The third kappa shape index (κ3) is 10.8. The molecule has 6 amide bonds. The second-order valence-corrected chi connectivity index (χ2v) is 18.5. The first-order valence-corrected chi connectivity index (χ1v) is 22.3. The molecule has 4 aliphatic rings. The fraction of sp³-hybridized carbons (Fsp3) is 0.348. The smallest absolute Gasteiger partial charge is 0.342 e. The van der Waals surface area contributed by atoms with E-state index in [1.165, 1.54) is 82.8 Å². The van der Waals surface area contributed by atoms with Crippen molar-refractivity contribution in [3.05, 3.63) is 133 Å². The summed E-state index contributed by atoms with van der Waals surface area (Å²) in [6.45, 7) is 5.49. The molecule has 69 heavy (non-hydrogen) atoms. The highest BCUT2D eigenvalue weighted by Crippen LogP contribution is 2.41. The summed E-state index contributed by atoms with van der Waals surface area (Å²) in [7, 11) is 0. The summed E-state index contributed by atoms with van der Waals surface area (Å²) in [6, 6.07) is 15.1. The number of piperazine rings is 2. The number of benzene rings is 4. The highest BCUT2D eigenvalue weighted by atomic mass is 79.9. The van der Waals surface area contributed by atoms with E-state index in [1.54, 1.807) is 19.1 Å². The van der Waals surface area contributed by atoms with Gasteiger partial charge in [-0.25, -0.2) is 8.78 Å². The molecule has 368 valence electrons. The average molecular weight is 1080 g/mol. The van der Waals surface area contributed by atoms with E-state index in [1.807, 2.05) is 0 Å². The molecule has 23 heteroatoms. The second-order valence-electron chi connectivity index (χ2n) is 16.8. The first kappa shape index (κ1) is 52.6. The molecule has 2 atom stereocenters. The van der Waals surface area contributed by atoms with Crippen LogP contribution in [-0.2, 0) is 54.2 Å². The van der Waals surface area contributed by atoms with Crippen LogP contribution >= 0.6 is 39.1 Å². The van der Waals surface area contributed by atoms with Gasteiger partial charge in [-0.1, -0.05) is 47.5 Å². The Bertz CT molecular complexity index is 2660. The maximum atomic E-state index is 14.7. The summed E-state index contributed by atoms with van der Waals surface area (Å²) in [5.74, 6) is -3.40. The maximum Gasteiger partial charge on any atom is 0.416 e. The number of hydrogen-bond donors (Lipinski definition) is 1. The summed E-state index contributed by atoms with van der Waals surface area (Å²) in [4.78, 5) is 82.2. The van der Waals surface area contributed by atoms with E-state index in [9.17, 15) is 63.9 Å². The Balaban J connectivity index is 0.000000196. The molecule has 0 bridgehead atoms. The van der Waals surface area contributed by atoms with Gasteiger partial charge in [0.15, 0.2) is 11.1 Å². The number of rotatable bonds is 5. The minimum Gasteiger partial charge on any atom is -0.342 e. The van der Waals surface area contributed by atoms with Crippen LogP contribution < -0.4 is 10.2 Å². The van der Waals surface area contributed by atoms with Crippen molar-refractivity contribution in [2.24, 2.45) is 0 Å². The van der Waals surface area contributed by atoms with Crippen molar-refractivity contribution in [1.82, 2.24) is 24.9 Å². The minimum absolute atomic E-state index is 0.000471. The molecule has 0 aliphatic carbocycles. The van der Waals surface area contributed by atoms with Gasteiger partial charge in [0.1, 0.15) is 23.7 Å². The van der Waals surface area contributed by atoms with Crippen molar-refractivity contribution in [3.63, 3.8) is 0 Å². The zero-order valence-electron chi connectivity index (χ0n) is 36.8. The minimum atomic E-state index is -4.51. The first-order valence-electron chi connectivity index (χ1n) is 20.8. The van der Waals surface area contributed by atoms with Gasteiger partial charge in [0.2, 0.25) is 29.5 Å². The zero-order chi connectivity index (χ0) is 51.1. The van der Waals surface area contributed by atoms with E-state index in [0.29, 0.717) is 20.6 Å². The molecule has 2 spiro atoms. The summed E-state index contributed by atoms with van der Waals surface area (Å²) in [5.41, 5.74) is -3.51. The molecule has 4 fully saturated rings. The van der Waals surface area contributed by atoms with Crippen LogP contribution in [0.1, 0.15) is 49.9 Å². The van der Waals surface area contributed by atoms with Gasteiger partial charge in [0.25, 0.3) is 5.91 Å². The molecule has 1 N–H and O–H groups in total. The lowest BCUT2D eigenvalue weighted by Gasteiger charge is -2.59. The van der Waals surface area contributed by atoms with Crippen LogP contribution in [0, 0.1) is 11.6 Å². The van der Waals surface area contributed by atoms with Crippen LogP contribution in [0.2, 0.25) is 10.0 Å². The van der Waals surface area contributed by atoms with E-state index in [-0.39, 0.29) is 79.4 Å². The largest absolute Gasteiger partial charge is 0.416 e. The molecule has 4 saturated heterocycles. The van der Waals surface area contributed by atoms with Crippen molar-refractivity contribution in [2.45, 2.75) is 76.3 Å². The zero-order valence-corrected chi connectivity index (χ0v) is 39.9. The normalized spacial score (nSPS) is 19.6. The molecule has 0 radical (unpaired) electrons. The van der Waals surface area contributed by atoms with Crippen molar-refractivity contribution in [1.29, 1.82) is 0 Å². The van der Waals surface area contributed by atoms with Crippen LogP contribution in [0.5, 0.6) is 0 Å². The van der Waals surface area contributed by atoms with Crippen molar-refractivity contribution in [3.8, 4) is 0 Å². The predicted octanol–water partition coefficient (Wildman–Crippen LogP) is 8.26. The summed E-state index contributed by atoms with van der Waals surface area (Å²) in [5, 5.41) is 3.14. The quantitative estimate of drug-likeness (QED) is 0.158. The monoisotopic (exact) mass is 1070 g/mol. The lowest BCUT2D eigenvalue weighted by molar-refractivity contribution is -0.174. The second kappa shape index (κ2) is 19.9. The van der Waals surface area contributed by atoms with Crippen LogP contribution in [0.4, 0.5) is 40.8 Å². The third-order valence-electron chi connectivity index (χ3n) is 12.1. The Labute approximate surface area is 408 Å². The van der Waals surface area contributed by atoms with Crippen LogP contribution in [0.25, 0.3) is 0 Å². The Morgan fingerprint density at radius 3 is 1.48 bits per heavy atom. The van der Waals surface area contributed by atoms with E-state index in [0.717, 1.165) is 35.2 Å². The first-order chi connectivity index (χ1) is 32.1. The van der Waals surface area contributed by atoms with Crippen molar-refractivity contribution in [2.75, 3.05) is 31.1 Å². The molecular formula is C46H41BrCl2F8N6O6. The fourth-order valence-electron chi connectivity index (χ4n) is 8.15. The van der Waals surface area contributed by atoms with Crippen LogP contribution in [0.15, 0.2) is 89.4 Å². The third-order valence-corrected chi connectivity index (χ3v) is 13.2. The molecule has 4 heterocycles. The Morgan fingerprint density at radius 2 is 1.07 bits per heavy atom. The van der Waals surface area contributed by atoms with Gasteiger partial charge in [-0.05, 0) is 102 Å². The Kier molecular flexibility index (Phi) is 15.2. The summed E-state index contributed by atoms with van der Waals surface area (Å²) >= 11 is 14.3. The van der Waals surface area contributed by atoms with E-state index in [2.05, 4.69) is 21.2 Å². The molecule has 4 aliphatic heterocycles. The SMILES string of the molecule is CC(=O)N1CC2(C1)C(=O)N(c1ccc(Cl)cc1F)C(C)C(=O)N2Cc1ccc(C(F)(F)F)cc1.CC(=O)N1CC2(C1)C(=O)NC(C)C(=O)N2Cc1ccc(C(F)(F)F)cc1.Fc1cc(Cl)ccc1Br. The highest BCUT2D eigenvalue weighted by Gasteiger charge is 2.63. The Hall–Kier alpha value is -5.80. The molecular weight excluding hydrogens is 1040 g/mol. The number of carbonyl (C=O) groups is 6. The van der Waals surface area contributed by atoms with Gasteiger partial charge in [0, 0.05) is 37.0 Å². The van der Waals surface area contributed by atoms with Crippen LogP contribution in [-0.4, -0.2) is 104 Å². The van der Waals surface area contributed by atoms with E-state index >= 15 is 0 Å². The molecule has 8 rings (SSSR count). The maximum absolute atomic E-state index is 14.7. The molecule has 12 nitrogen and oxygen atoms in total. The Morgan fingerprint density at radius 1 is 0.652 bits per heavy atom. The number of nitrogens with one attached hydrogen (secondary N) is 1. The molecule has 2 unspecified atom stereocenters. The van der Waals surface area contributed by atoms with Gasteiger partial charge >= 0.3 is 12.4 Å². The van der Waals surface area contributed by atoms with Gasteiger partial charge in [-0.3, -0.25) is 33.7 Å². The van der Waals surface area contributed by atoms with Crippen molar-refractivity contribution >= 4 is 80.3 Å². The number of likely N-dealkylation sites (tertiary alicyclic amines) is 2. The lowest BCUT2D eigenvalue weighted by Crippen LogP contribution is -2.82. The number of nitrogens with zero attached hydrogens (tertiary/aromatic N) is 5. The number of hydrogen-bond acceptors (Lipinski definition) is 6. The number of halogens is 11.